The van der Waals surface area contributed by atoms with Gasteiger partial charge in [-0.05, 0) is 50.6 Å². The lowest BCUT2D eigenvalue weighted by molar-refractivity contribution is -0.142. The second-order valence-corrected chi connectivity index (χ2v) is 7.74. The third kappa shape index (κ3) is 6.51. The molecule has 0 radical (unpaired) electrons. The largest absolute Gasteiger partial charge is 0.481 e. The van der Waals surface area contributed by atoms with Gasteiger partial charge in [0.05, 0.1) is 11.5 Å². The van der Waals surface area contributed by atoms with Gasteiger partial charge in [0.25, 0.3) is 0 Å². The molecular formula is C20H28F3N3O4. The predicted molar refractivity (Wildman–Crippen MR) is 106 cm³/mol. The number of carbonyl (C=O) groups is 2. The fourth-order valence-electron chi connectivity index (χ4n) is 3.58. The minimum atomic E-state index is -4.46. The Bertz CT molecular complexity index is 749. The molecule has 2 N–H and O–H groups in total. The van der Waals surface area contributed by atoms with Crippen molar-refractivity contribution in [1.29, 1.82) is 0 Å². The van der Waals surface area contributed by atoms with Crippen LogP contribution < -0.4 is 4.90 Å². The highest BCUT2D eigenvalue weighted by Gasteiger charge is 2.32. The number of benzene rings is 1. The van der Waals surface area contributed by atoms with Crippen molar-refractivity contribution in [2.75, 3.05) is 45.2 Å². The first-order valence-corrected chi connectivity index (χ1v) is 9.79. The zero-order valence-corrected chi connectivity index (χ0v) is 17.2. The van der Waals surface area contributed by atoms with Crippen LogP contribution in [0.4, 0.5) is 23.7 Å². The van der Waals surface area contributed by atoms with Gasteiger partial charge in [0, 0.05) is 38.9 Å². The van der Waals surface area contributed by atoms with Crippen LogP contribution in [0.5, 0.6) is 0 Å². The maximum absolute atomic E-state index is 13.2. The molecule has 0 bridgehead atoms. The number of alkyl halides is 3. The second kappa shape index (κ2) is 10.0. The molecule has 1 aliphatic rings. The molecular weight excluding hydrogens is 403 g/mol. The minimum Gasteiger partial charge on any atom is -0.481 e. The normalized spacial score (nSPS) is 15.5. The first-order valence-electron chi connectivity index (χ1n) is 9.79. The molecule has 1 aliphatic heterocycles. The van der Waals surface area contributed by atoms with Gasteiger partial charge in [-0.2, -0.15) is 13.2 Å². The van der Waals surface area contributed by atoms with Gasteiger partial charge >= 0.3 is 18.2 Å². The molecule has 1 heterocycles. The zero-order valence-electron chi connectivity index (χ0n) is 17.2. The Morgan fingerprint density at radius 1 is 1.13 bits per heavy atom. The first kappa shape index (κ1) is 23.8. The van der Waals surface area contributed by atoms with Gasteiger partial charge in [-0.15, -0.1) is 0 Å². The van der Waals surface area contributed by atoms with Crippen molar-refractivity contribution in [3.8, 4) is 0 Å². The molecule has 2 rings (SSSR count). The molecule has 1 fully saturated rings. The monoisotopic (exact) mass is 431 g/mol. The summed E-state index contributed by atoms with van der Waals surface area (Å²) in [6.07, 6.45) is -4.09. The summed E-state index contributed by atoms with van der Waals surface area (Å²) in [6, 6.07) is 3.68. The lowest BCUT2D eigenvalue weighted by Crippen LogP contribution is -2.37. The smallest absolute Gasteiger partial charge is 0.416 e. The summed E-state index contributed by atoms with van der Waals surface area (Å²) < 4.78 is 39.7. The number of carboxylic acid groups (broad SMARTS) is 2. The maximum Gasteiger partial charge on any atom is 0.416 e. The van der Waals surface area contributed by atoms with E-state index < -0.39 is 29.7 Å². The molecule has 0 unspecified atom stereocenters. The fourth-order valence-corrected chi connectivity index (χ4v) is 3.58. The van der Waals surface area contributed by atoms with E-state index >= 15 is 0 Å². The van der Waals surface area contributed by atoms with Crippen LogP contribution >= 0.6 is 0 Å². The van der Waals surface area contributed by atoms with Gasteiger partial charge in [-0.3, -0.25) is 4.79 Å². The van der Waals surface area contributed by atoms with Crippen molar-refractivity contribution >= 4 is 17.7 Å². The van der Waals surface area contributed by atoms with E-state index in [9.17, 15) is 22.8 Å². The molecule has 0 aliphatic carbocycles. The van der Waals surface area contributed by atoms with Crippen LogP contribution in [0.25, 0.3) is 0 Å². The van der Waals surface area contributed by atoms with Gasteiger partial charge in [-0.1, -0.05) is 6.07 Å². The van der Waals surface area contributed by atoms with Crippen LogP contribution in [0, 0.1) is 5.92 Å². The number of aliphatic carboxylic acids is 1. The van der Waals surface area contributed by atoms with E-state index in [1.165, 1.54) is 18.0 Å². The maximum atomic E-state index is 13.2. The molecule has 0 atom stereocenters. The number of nitrogens with zero attached hydrogens (tertiary/aromatic N) is 3. The summed E-state index contributed by atoms with van der Waals surface area (Å²) in [5.74, 6) is -1.34. The molecule has 1 aromatic carbocycles. The molecule has 168 valence electrons. The Kier molecular flexibility index (Phi) is 7.94. The van der Waals surface area contributed by atoms with E-state index in [1.54, 1.807) is 0 Å². The zero-order chi connectivity index (χ0) is 22.5. The van der Waals surface area contributed by atoms with Crippen LogP contribution in [0.2, 0.25) is 0 Å². The highest BCUT2D eigenvalue weighted by atomic mass is 19.4. The van der Waals surface area contributed by atoms with Crippen molar-refractivity contribution in [3.63, 3.8) is 0 Å². The number of amides is 1. The van der Waals surface area contributed by atoms with Gasteiger partial charge in [0.1, 0.15) is 0 Å². The summed E-state index contributed by atoms with van der Waals surface area (Å²) in [7, 11) is 3.32. The molecule has 7 nitrogen and oxygen atoms in total. The lowest BCUT2D eigenvalue weighted by Gasteiger charge is -2.34. The number of carboxylic acids is 1. The Labute approximate surface area is 173 Å². The number of halogens is 3. The Morgan fingerprint density at radius 3 is 2.30 bits per heavy atom. The second-order valence-electron chi connectivity index (χ2n) is 7.74. The third-order valence-corrected chi connectivity index (χ3v) is 5.40. The Morgan fingerprint density at radius 2 is 1.77 bits per heavy atom. The number of hydrogen-bond donors (Lipinski definition) is 2. The van der Waals surface area contributed by atoms with Crippen LogP contribution in [-0.2, 0) is 17.5 Å². The van der Waals surface area contributed by atoms with Crippen molar-refractivity contribution in [2.45, 2.75) is 32.0 Å². The standard InChI is InChI=1S/C20H28F3N3O4/c1-24(8-3-9-25(2)19(29)30)13-15-4-5-16(20(21,22)23)12-17(15)26-10-6-14(7-11-26)18(27)28/h4-5,12,14H,3,6-11,13H2,1-2H3,(H,27,28)(H,29,30). The Hall–Kier alpha value is -2.49. The molecule has 1 aromatic rings. The molecule has 1 saturated heterocycles. The SMILES string of the molecule is CN(CCCN(C)C(=O)O)Cc1ccc(C(F)(F)F)cc1N1CCC(C(=O)O)CC1. The van der Waals surface area contributed by atoms with Crippen molar-refractivity contribution in [1.82, 2.24) is 9.80 Å². The van der Waals surface area contributed by atoms with Gasteiger partial charge in [-0.25, -0.2) is 4.79 Å². The Balaban J connectivity index is 2.12. The summed E-state index contributed by atoms with van der Waals surface area (Å²) in [5.41, 5.74) is 0.473. The number of piperidine rings is 1. The fraction of sp³-hybridized carbons (Fsp3) is 0.600. The molecule has 10 heteroatoms. The summed E-state index contributed by atoms with van der Waals surface area (Å²) >= 11 is 0. The van der Waals surface area contributed by atoms with Crippen molar-refractivity contribution in [3.05, 3.63) is 29.3 Å². The van der Waals surface area contributed by atoms with Crippen LogP contribution in [0.15, 0.2) is 18.2 Å². The van der Waals surface area contributed by atoms with E-state index in [2.05, 4.69) is 0 Å². The summed E-state index contributed by atoms with van der Waals surface area (Å²) in [5, 5.41) is 18.0. The molecule has 0 aromatic heterocycles. The number of rotatable bonds is 8. The van der Waals surface area contributed by atoms with Crippen LogP contribution in [0.1, 0.15) is 30.4 Å². The van der Waals surface area contributed by atoms with E-state index in [4.69, 9.17) is 10.2 Å². The van der Waals surface area contributed by atoms with E-state index in [1.807, 2.05) is 16.8 Å². The minimum absolute atomic E-state index is 0.363. The molecule has 0 saturated carbocycles. The molecule has 1 amide bonds. The number of anilines is 1. The highest BCUT2D eigenvalue weighted by Crippen LogP contribution is 2.35. The quantitative estimate of drug-likeness (QED) is 0.656. The average Bonchev–Trinajstić information content (AvgIpc) is 2.67. The predicted octanol–water partition coefficient (Wildman–Crippen LogP) is 3.44. The summed E-state index contributed by atoms with van der Waals surface area (Å²) in [6.45, 7) is 2.13. The molecule has 0 spiro atoms. The van der Waals surface area contributed by atoms with Crippen LogP contribution in [-0.4, -0.2) is 72.3 Å². The van der Waals surface area contributed by atoms with Crippen molar-refractivity contribution < 1.29 is 33.0 Å². The number of hydrogen-bond acceptors (Lipinski definition) is 4. The molecule has 30 heavy (non-hydrogen) atoms. The topological polar surface area (TPSA) is 84.3 Å². The van der Waals surface area contributed by atoms with E-state index in [0.717, 1.165) is 17.7 Å². The summed E-state index contributed by atoms with van der Waals surface area (Å²) in [4.78, 5) is 27.0. The first-order chi connectivity index (χ1) is 14.0. The lowest BCUT2D eigenvalue weighted by atomic mass is 9.95. The third-order valence-electron chi connectivity index (χ3n) is 5.40. The van der Waals surface area contributed by atoms with Gasteiger partial charge in [0.15, 0.2) is 0 Å². The average molecular weight is 431 g/mol. The van der Waals surface area contributed by atoms with Crippen molar-refractivity contribution in [2.24, 2.45) is 5.92 Å². The van der Waals surface area contributed by atoms with Gasteiger partial charge in [0.2, 0.25) is 0 Å². The van der Waals surface area contributed by atoms with E-state index in [0.29, 0.717) is 57.7 Å². The van der Waals surface area contributed by atoms with Gasteiger partial charge < -0.3 is 24.9 Å². The van der Waals surface area contributed by atoms with E-state index in [-0.39, 0.29) is 0 Å². The van der Waals surface area contributed by atoms with Crippen LogP contribution in [0.3, 0.4) is 0 Å². The highest BCUT2D eigenvalue weighted by molar-refractivity contribution is 5.70.